The maximum atomic E-state index is 16.3. The first-order valence-corrected chi connectivity index (χ1v) is 19.5. The number of benzene rings is 2. The number of aromatic nitrogens is 6. The van der Waals surface area contributed by atoms with Gasteiger partial charge in [-0.15, -0.1) is 0 Å². The minimum absolute atomic E-state index is 0.0414. The third-order valence-corrected chi connectivity index (χ3v) is 10.6. The van der Waals surface area contributed by atoms with Crippen molar-refractivity contribution in [1.29, 1.82) is 0 Å². The molecule has 1 saturated carbocycles. The van der Waals surface area contributed by atoms with Gasteiger partial charge in [0, 0.05) is 37.8 Å². The SMILES string of the molecule is Cc1cc(C2(F)CCC(F)(F)CC2)nc2nc([C@@H](N)Cc3cc(F)cc(F)c3)n(-c3ccc(Cl)c4c(NS(C)(=O)=O)nn(CCc5cccnc5)c34)c(=O)c12. The second-order valence-electron chi connectivity index (χ2n) is 13.9. The molecule has 1 atom stereocenters. The van der Waals surface area contributed by atoms with E-state index < -0.39 is 70.5 Å². The molecule has 0 bridgehead atoms. The molecule has 1 fully saturated rings. The summed E-state index contributed by atoms with van der Waals surface area (Å²) in [5.74, 6) is -5.01. The van der Waals surface area contributed by atoms with Crippen molar-refractivity contribution >= 4 is 49.4 Å². The number of nitrogens with two attached hydrogens (primary N) is 1. The molecule has 6 aromatic rings. The van der Waals surface area contributed by atoms with Gasteiger partial charge in [0.05, 0.1) is 45.0 Å². The van der Waals surface area contributed by atoms with E-state index in [1.165, 1.54) is 27.4 Å². The molecule has 4 heterocycles. The number of hydrogen-bond donors (Lipinski definition) is 2. The van der Waals surface area contributed by atoms with Gasteiger partial charge >= 0.3 is 0 Å². The summed E-state index contributed by atoms with van der Waals surface area (Å²) < 4.78 is 103. The Morgan fingerprint density at radius 1 is 0.982 bits per heavy atom. The second kappa shape index (κ2) is 14.3. The summed E-state index contributed by atoms with van der Waals surface area (Å²) in [7, 11) is -3.88. The highest BCUT2D eigenvalue weighted by Crippen LogP contribution is 2.46. The van der Waals surface area contributed by atoms with Gasteiger partial charge in [-0.05, 0) is 85.7 Å². The van der Waals surface area contributed by atoms with Crippen LogP contribution in [0.5, 0.6) is 0 Å². The normalized spacial score (nSPS) is 16.1. The zero-order valence-corrected chi connectivity index (χ0v) is 31.0. The third kappa shape index (κ3) is 7.77. The highest BCUT2D eigenvalue weighted by Gasteiger charge is 2.46. The Hall–Kier alpha value is -5.00. The van der Waals surface area contributed by atoms with E-state index in [0.29, 0.717) is 12.5 Å². The maximum Gasteiger partial charge on any atom is 0.268 e. The van der Waals surface area contributed by atoms with Gasteiger partial charge in [-0.1, -0.05) is 17.7 Å². The number of nitrogens with zero attached hydrogens (tertiary/aromatic N) is 6. The van der Waals surface area contributed by atoms with E-state index in [4.69, 9.17) is 22.3 Å². The molecule has 2 aromatic carbocycles. The molecule has 3 N–H and O–H groups in total. The van der Waals surface area contributed by atoms with Crippen LogP contribution in [0.2, 0.25) is 5.02 Å². The van der Waals surface area contributed by atoms with Crippen molar-refractivity contribution in [2.45, 2.75) is 69.6 Å². The van der Waals surface area contributed by atoms with Gasteiger partial charge in [0.15, 0.2) is 17.1 Å². The van der Waals surface area contributed by atoms with Crippen LogP contribution in [0.25, 0.3) is 27.6 Å². The number of fused-ring (bicyclic) bond motifs is 2. The van der Waals surface area contributed by atoms with E-state index in [2.05, 4.69) is 19.8 Å². The fraction of sp³-hybridized carbons (Fsp3) is 0.324. The minimum Gasteiger partial charge on any atom is -0.321 e. The smallest absolute Gasteiger partial charge is 0.268 e. The highest BCUT2D eigenvalue weighted by atomic mass is 35.5. The van der Waals surface area contributed by atoms with Crippen molar-refractivity contribution in [3.05, 3.63) is 116 Å². The summed E-state index contributed by atoms with van der Waals surface area (Å²) in [6.45, 7) is 1.70. The Balaban J connectivity index is 1.49. The molecule has 55 heavy (non-hydrogen) atoms. The molecule has 1 aliphatic rings. The van der Waals surface area contributed by atoms with Crippen molar-refractivity contribution in [3.63, 3.8) is 0 Å². The number of alkyl halides is 3. The summed E-state index contributed by atoms with van der Waals surface area (Å²) in [6, 6.07) is 9.49. The Morgan fingerprint density at radius 2 is 1.69 bits per heavy atom. The van der Waals surface area contributed by atoms with Gasteiger partial charge in [-0.25, -0.2) is 40.3 Å². The zero-order valence-electron chi connectivity index (χ0n) is 29.5. The molecule has 288 valence electrons. The van der Waals surface area contributed by atoms with Crippen molar-refractivity contribution < 1.29 is 30.4 Å². The largest absolute Gasteiger partial charge is 0.321 e. The molecule has 1 aliphatic carbocycles. The lowest BCUT2D eigenvalue weighted by atomic mass is 9.81. The summed E-state index contributed by atoms with van der Waals surface area (Å²) in [5.41, 5.74) is 4.97. The van der Waals surface area contributed by atoms with Crippen molar-refractivity contribution in [1.82, 2.24) is 29.3 Å². The predicted molar refractivity (Wildman–Crippen MR) is 198 cm³/mol. The number of hydrogen-bond acceptors (Lipinski definition) is 8. The first-order valence-electron chi connectivity index (χ1n) is 17.2. The molecule has 18 heteroatoms. The van der Waals surface area contributed by atoms with E-state index in [0.717, 1.165) is 24.0 Å². The number of anilines is 1. The van der Waals surface area contributed by atoms with Crippen molar-refractivity contribution in [3.8, 4) is 5.69 Å². The van der Waals surface area contributed by atoms with Crippen LogP contribution in [0.3, 0.4) is 0 Å². The first-order chi connectivity index (χ1) is 25.9. The molecule has 4 aromatic heterocycles. The number of pyridine rings is 2. The fourth-order valence-electron chi connectivity index (χ4n) is 7.06. The van der Waals surface area contributed by atoms with Gasteiger partial charge in [0.25, 0.3) is 5.56 Å². The Morgan fingerprint density at radius 3 is 2.35 bits per heavy atom. The maximum absolute atomic E-state index is 16.3. The van der Waals surface area contributed by atoms with Crippen LogP contribution in [0.15, 0.2) is 65.7 Å². The van der Waals surface area contributed by atoms with Gasteiger partial charge < -0.3 is 5.73 Å². The lowest BCUT2D eigenvalue weighted by Gasteiger charge is -2.33. The Bertz CT molecular complexity index is 2610. The molecule has 11 nitrogen and oxygen atoms in total. The minimum atomic E-state index is -3.88. The number of halogens is 6. The number of rotatable bonds is 10. The summed E-state index contributed by atoms with van der Waals surface area (Å²) in [4.78, 5) is 28.1. The summed E-state index contributed by atoms with van der Waals surface area (Å²) in [5, 5.41) is 4.75. The van der Waals surface area contributed by atoms with E-state index >= 15 is 4.39 Å². The second-order valence-corrected chi connectivity index (χ2v) is 16.0. The number of sulfonamides is 1. The van der Waals surface area contributed by atoms with Gasteiger partial charge in [-0.3, -0.25) is 23.7 Å². The molecular weight excluding hydrogens is 767 g/mol. The summed E-state index contributed by atoms with van der Waals surface area (Å²) in [6.07, 6.45) is 1.99. The molecule has 0 aliphatic heterocycles. The Labute approximate surface area is 316 Å². The topological polar surface area (TPSA) is 151 Å². The van der Waals surface area contributed by atoms with Crippen LogP contribution < -0.4 is 16.0 Å². The molecule has 0 spiro atoms. The van der Waals surface area contributed by atoms with Crippen LogP contribution >= 0.6 is 11.6 Å². The molecule has 0 saturated heterocycles. The van der Waals surface area contributed by atoms with Gasteiger partial charge in [-0.2, -0.15) is 5.10 Å². The van der Waals surface area contributed by atoms with E-state index in [-0.39, 0.29) is 74.1 Å². The van der Waals surface area contributed by atoms with Crippen molar-refractivity contribution in [2.75, 3.05) is 11.0 Å². The zero-order chi connectivity index (χ0) is 39.4. The lowest BCUT2D eigenvalue weighted by Crippen LogP contribution is -2.34. The molecule has 7 rings (SSSR count). The molecular formula is C37H34ClF5N8O3S. The van der Waals surface area contributed by atoms with Crippen LogP contribution in [-0.4, -0.2) is 49.9 Å². The van der Waals surface area contributed by atoms with Crippen LogP contribution in [-0.2, 0) is 35.1 Å². The van der Waals surface area contributed by atoms with E-state index in [9.17, 15) is 30.8 Å². The monoisotopic (exact) mass is 800 g/mol. The van der Waals surface area contributed by atoms with E-state index in [1.54, 1.807) is 25.4 Å². The standard InChI is InChI=1S/C37H34ClF5N8O3S/c1-20-14-28(36(41)8-10-37(42,43)11-9-36)46-32-29(20)35(52)51(34(47-32)26(44)17-22-15-23(39)18-24(40)16-22)27-6-5-25(38)30-31(27)50(48-33(30)49-55(2,53)54)13-7-21-4-3-12-45-19-21/h3-6,12,14-16,18-19,26H,7-11,13,17,44H2,1-2H3,(H,48,49)/t26-/m0/s1. The van der Waals surface area contributed by atoms with Gasteiger partial charge in [0.1, 0.15) is 17.5 Å². The van der Waals surface area contributed by atoms with Crippen LogP contribution in [0.4, 0.5) is 27.8 Å². The van der Waals surface area contributed by atoms with Crippen LogP contribution in [0.1, 0.15) is 59.9 Å². The summed E-state index contributed by atoms with van der Waals surface area (Å²) >= 11 is 6.71. The molecule has 0 radical (unpaired) electrons. The third-order valence-electron chi connectivity index (χ3n) is 9.69. The predicted octanol–water partition coefficient (Wildman–Crippen LogP) is 7.00. The van der Waals surface area contributed by atoms with E-state index in [1.807, 2.05) is 6.07 Å². The fourth-order valence-corrected chi connectivity index (χ4v) is 7.80. The van der Waals surface area contributed by atoms with Gasteiger partial charge in [0.2, 0.25) is 15.9 Å². The number of aryl methyl sites for hydroxylation is 3. The first kappa shape index (κ1) is 38.3. The average Bonchev–Trinajstić information content (AvgIpc) is 3.46. The highest BCUT2D eigenvalue weighted by molar-refractivity contribution is 7.92. The van der Waals surface area contributed by atoms with Crippen LogP contribution in [0, 0.1) is 18.6 Å². The Kier molecular flexibility index (Phi) is 9.92. The van der Waals surface area contributed by atoms with Crippen molar-refractivity contribution in [2.24, 2.45) is 5.73 Å². The molecule has 0 amide bonds. The quantitative estimate of drug-likeness (QED) is 0.141. The lowest BCUT2D eigenvalue weighted by molar-refractivity contribution is -0.0784. The number of nitrogens with one attached hydrogen (secondary N) is 1. The average molecular weight is 801 g/mol. The molecule has 0 unspecified atom stereocenters.